The summed E-state index contributed by atoms with van der Waals surface area (Å²) in [5.41, 5.74) is 2.00. The van der Waals surface area contributed by atoms with Gasteiger partial charge < -0.3 is 10.2 Å². The van der Waals surface area contributed by atoms with Gasteiger partial charge in [0.05, 0.1) is 21.8 Å². The largest absolute Gasteiger partial charge is 0.343 e. The number of likely N-dealkylation sites (tertiary alicyclic amines) is 1. The Hall–Kier alpha value is -2.99. The Morgan fingerprint density at radius 3 is 2.55 bits per heavy atom. The second kappa shape index (κ2) is 9.01. The molecule has 0 atom stereocenters. The number of amides is 2. The highest BCUT2D eigenvalue weighted by molar-refractivity contribution is 7.18. The molecule has 0 bridgehead atoms. The molecule has 1 aliphatic heterocycles. The van der Waals surface area contributed by atoms with E-state index >= 15 is 0 Å². The molecule has 0 unspecified atom stereocenters. The van der Waals surface area contributed by atoms with E-state index < -0.39 is 0 Å². The molecule has 148 valence electrons. The number of hydrogen-bond acceptors (Lipinski definition) is 4. The summed E-state index contributed by atoms with van der Waals surface area (Å²) in [5, 5.41) is 3.85. The van der Waals surface area contributed by atoms with Crippen molar-refractivity contribution < 1.29 is 9.59 Å². The normalized spacial score (nSPS) is 15.1. The van der Waals surface area contributed by atoms with Gasteiger partial charge in [-0.3, -0.25) is 9.59 Å². The van der Waals surface area contributed by atoms with Crippen LogP contribution in [0.3, 0.4) is 0 Å². The summed E-state index contributed by atoms with van der Waals surface area (Å²) in [7, 11) is 0. The number of rotatable bonds is 5. The molecule has 1 fully saturated rings. The number of carbonyl (C=O) groups excluding carboxylic acids is 2. The Morgan fingerprint density at radius 2 is 1.79 bits per heavy atom. The molecule has 2 heterocycles. The molecule has 5 nitrogen and oxygen atoms in total. The van der Waals surface area contributed by atoms with Gasteiger partial charge in [-0.1, -0.05) is 42.5 Å². The fourth-order valence-electron chi connectivity index (χ4n) is 3.51. The smallest absolute Gasteiger partial charge is 0.244 e. The molecule has 2 aromatic carbocycles. The zero-order valence-corrected chi connectivity index (χ0v) is 16.9. The van der Waals surface area contributed by atoms with Crippen LogP contribution in [-0.2, 0) is 9.59 Å². The molecule has 6 heteroatoms. The van der Waals surface area contributed by atoms with E-state index in [0.717, 1.165) is 28.9 Å². The van der Waals surface area contributed by atoms with Crippen molar-refractivity contribution in [2.24, 2.45) is 0 Å². The van der Waals surface area contributed by atoms with Crippen LogP contribution in [-0.4, -0.2) is 41.3 Å². The van der Waals surface area contributed by atoms with Crippen LogP contribution in [0.2, 0.25) is 0 Å². The lowest BCUT2D eigenvalue weighted by Crippen LogP contribution is -2.43. The summed E-state index contributed by atoms with van der Waals surface area (Å²) in [6.45, 7) is 1.44. The lowest BCUT2D eigenvalue weighted by Gasteiger charge is -2.31. The van der Waals surface area contributed by atoms with Crippen molar-refractivity contribution in [3.05, 3.63) is 71.2 Å². The van der Waals surface area contributed by atoms with Crippen molar-refractivity contribution >= 4 is 39.4 Å². The predicted octanol–water partition coefficient (Wildman–Crippen LogP) is 3.83. The second-order valence-corrected chi connectivity index (χ2v) is 8.20. The maximum absolute atomic E-state index is 12.4. The van der Waals surface area contributed by atoms with Crippen molar-refractivity contribution in [1.82, 2.24) is 15.2 Å². The van der Waals surface area contributed by atoms with Crippen LogP contribution in [0.4, 0.5) is 0 Å². The Labute approximate surface area is 174 Å². The monoisotopic (exact) mass is 405 g/mol. The minimum atomic E-state index is -0.258. The molecule has 1 saturated heterocycles. The number of fused-ring (bicyclic) bond motifs is 1. The number of para-hydroxylation sites is 1. The summed E-state index contributed by atoms with van der Waals surface area (Å²) in [5.74, 6) is 0.112. The van der Waals surface area contributed by atoms with E-state index in [1.807, 2.05) is 53.4 Å². The molecule has 3 aromatic rings. The molecule has 4 rings (SSSR count). The SMILES string of the molecule is O=C(/C=C/c1ccccc1)NCC(=O)N1CCC(c2nc3ccccc3s2)CC1. The summed E-state index contributed by atoms with van der Waals surface area (Å²) in [6.07, 6.45) is 5.02. The van der Waals surface area contributed by atoms with E-state index in [9.17, 15) is 9.59 Å². The molecule has 0 spiro atoms. The molecule has 1 N–H and O–H groups in total. The van der Waals surface area contributed by atoms with E-state index in [0.29, 0.717) is 19.0 Å². The van der Waals surface area contributed by atoms with Gasteiger partial charge in [0, 0.05) is 25.1 Å². The Kier molecular flexibility index (Phi) is 6.00. The molecule has 1 aliphatic rings. The molecule has 0 saturated carbocycles. The van der Waals surface area contributed by atoms with Gasteiger partial charge in [0.2, 0.25) is 11.8 Å². The average molecular weight is 406 g/mol. The first-order valence-corrected chi connectivity index (χ1v) is 10.6. The average Bonchev–Trinajstić information content (AvgIpc) is 3.21. The van der Waals surface area contributed by atoms with E-state index in [1.165, 1.54) is 10.8 Å². The maximum atomic E-state index is 12.4. The number of hydrogen-bond donors (Lipinski definition) is 1. The lowest BCUT2D eigenvalue weighted by molar-refractivity contribution is -0.133. The minimum absolute atomic E-state index is 0.0315. The highest BCUT2D eigenvalue weighted by atomic mass is 32.1. The number of aromatic nitrogens is 1. The quantitative estimate of drug-likeness (QED) is 0.656. The standard InChI is InChI=1S/C23H23N3O2S/c27-21(11-10-17-6-2-1-3-7-17)24-16-22(28)26-14-12-18(13-15-26)23-25-19-8-4-5-9-20(19)29-23/h1-11,18H,12-16H2,(H,24,27)/b11-10+. The van der Waals surface area contributed by atoms with Gasteiger partial charge in [-0.25, -0.2) is 4.98 Å². The van der Waals surface area contributed by atoms with Crippen molar-refractivity contribution in [1.29, 1.82) is 0 Å². The number of carbonyl (C=O) groups is 2. The number of nitrogens with zero attached hydrogens (tertiary/aromatic N) is 2. The van der Waals surface area contributed by atoms with E-state index in [-0.39, 0.29) is 18.4 Å². The third-order valence-electron chi connectivity index (χ3n) is 5.15. The summed E-state index contributed by atoms with van der Waals surface area (Å²) >= 11 is 1.75. The van der Waals surface area contributed by atoms with Gasteiger partial charge in [-0.05, 0) is 36.6 Å². The first kappa shape index (κ1) is 19.3. The molecule has 2 amide bonds. The van der Waals surface area contributed by atoms with Crippen molar-refractivity contribution in [2.45, 2.75) is 18.8 Å². The molecular weight excluding hydrogens is 382 g/mol. The number of nitrogens with one attached hydrogen (secondary N) is 1. The molecular formula is C23H23N3O2S. The maximum Gasteiger partial charge on any atom is 0.244 e. The van der Waals surface area contributed by atoms with Gasteiger partial charge in [0.1, 0.15) is 0 Å². The van der Waals surface area contributed by atoms with Gasteiger partial charge in [0.15, 0.2) is 0 Å². The number of thiazole rings is 1. The van der Waals surface area contributed by atoms with Crippen LogP contribution >= 0.6 is 11.3 Å². The zero-order valence-electron chi connectivity index (χ0n) is 16.1. The Bertz CT molecular complexity index is 988. The highest BCUT2D eigenvalue weighted by Crippen LogP contribution is 2.33. The Balaban J connectivity index is 1.24. The van der Waals surface area contributed by atoms with Crippen molar-refractivity contribution in [3.8, 4) is 0 Å². The summed E-state index contributed by atoms with van der Waals surface area (Å²) in [6, 6.07) is 17.8. The van der Waals surface area contributed by atoms with Crippen molar-refractivity contribution in [3.63, 3.8) is 0 Å². The van der Waals surface area contributed by atoms with E-state index in [4.69, 9.17) is 4.98 Å². The van der Waals surface area contributed by atoms with Crippen LogP contribution in [0.1, 0.15) is 29.3 Å². The summed E-state index contributed by atoms with van der Waals surface area (Å²) in [4.78, 5) is 31.0. The first-order valence-electron chi connectivity index (χ1n) is 9.83. The topological polar surface area (TPSA) is 62.3 Å². The lowest BCUT2D eigenvalue weighted by atomic mass is 9.97. The van der Waals surface area contributed by atoms with Crippen LogP contribution in [0.25, 0.3) is 16.3 Å². The fourth-order valence-corrected chi connectivity index (χ4v) is 4.65. The van der Waals surface area contributed by atoms with Gasteiger partial charge in [-0.15, -0.1) is 11.3 Å². The van der Waals surface area contributed by atoms with Gasteiger partial charge >= 0.3 is 0 Å². The van der Waals surface area contributed by atoms with Crippen LogP contribution in [0.15, 0.2) is 60.7 Å². The third kappa shape index (κ3) is 4.90. The predicted molar refractivity (Wildman–Crippen MR) is 117 cm³/mol. The molecule has 1 aromatic heterocycles. The van der Waals surface area contributed by atoms with Gasteiger partial charge in [0.25, 0.3) is 0 Å². The van der Waals surface area contributed by atoms with Crippen LogP contribution in [0, 0.1) is 0 Å². The fraction of sp³-hybridized carbons (Fsp3) is 0.261. The van der Waals surface area contributed by atoms with Crippen molar-refractivity contribution in [2.75, 3.05) is 19.6 Å². The first-order chi connectivity index (χ1) is 14.2. The summed E-state index contributed by atoms with van der Waals surface area (Å²) < 4.78 is 1.22. The Morgan fingerprint density at radius 1 is 1.07 bits per heavy atom. The van der Waals surface area contributed by atoms with Gasteiger partial charge in [-0.2, -0.15) is 0 Å². The van der Waals surface area contributed by atoms with E-state index in [1.54, 1.807) is 17.4 Å². The molecule has 29 heavy (non-hydrogen) atoms. The minimum Gasteiger partial charge on any atom is -0.343 e. The zero-order chi connectivity index (χ0) is 20.1. The number of piperidine rings is 1. The van der Waals surface area contributed by atoms with E-state index in [2.05, 4.69) is 11.4 Å². The number of benzene rings is 2. The molecule has 0 aliphatic carbocycles. The highest BCUT2D eigenvalue weighted by Gasteiger charge is 2.25. The van der Waals surface area contributed by atoms with Crippen LogP contribution in [0.5, 0.6) is 0 Å². The van der Waals surface area contributed by atoms with Crippen LogP contribution < -0.4 is 5.32 Å². The second-order valence-electron chi connectivity index (χ2n) is 7.14. The third-order valence-corrected chi connectivity index (χ3v) is 6.35. The molecule has 0 radical (unpaired) electrons.